The molecule has 0 aromatic rings. The maximum Gasteiger partial charge on any atom is 0.240 e. The standard InChI is InChI=1S/C9H19N3O4S/c1-9(2,17(3,15)16)8(13)11-6-4-5-7(10)12-14/h14H,4-6H2,1-3H3,(H2,10,12)(H,11,13). The van der Waals surface area contributed by atoms with Crippen LogP contribution in [0.15, 0.2) is 5.16 Å². The number of hydrogen-bond donors (Lipinski definition) is 3. The molecule has 0 aliphatic rings. The average molecular weight is 265 g/mol. The molecule has 0 aromatic heterocycles. The fourth-order valence-corrected chi connectivity index (χ4v) is 1.31. The molecule has 4 N–H and O–H groups in total. The first-order valence-corrected chi connectivity index (χ1v) is 6.96. The van der Waals surface area contributed by atoms with Gasteiger partial charge in [0, 0.05) is 19.2 Å². The predicted molar refractivity (Wildman–Crippen MR) is 64.6 cm³/mol. The van der Waals surface area contributed by atoms with Crippen LogP contribution in [0.2, 0.25) is 0 Å². The minimum Gasteiger partial charge on any atom is -0.409 e. The Balaban J connectivity index is 4.21. The molecule has 17 heavy (non-hydrogen) atoms. The number of oxime groups is 1. The van der Waals surface area contributed by atoms with E-state index in [4.69, 9.17) is 10.9 Å². The minimum atomic E-state index is -3.46. The molecule has 0 bridgehead atoms. The zero-order valence-electron chi connectivity index (χ0n) is 10.2. The van der Waals surface area contributed by atoms with Gasteiger partial charge < -0.3 is 16.3 Å². The van der Waals surface area contributed by atoms with E-state index in [0.717, 1.165) is 6.26 Å². The van der Waals surface area contributed by atoms with Crippen molar-refractivity contribution >= 4 is 21.6 Å². The lowest BCUT2D eigenvalue weighted by Gasteiger charge is -2.21. The zero-order chi connectivity index (χ0) is 13.7. The Morgan fingerprint density at radius 3 is 2.41 bits per heavy atom. The van der Waals surface area contributed by atoms with Gasteiger partial charge in [0.05, 0.1) is 0 Å². The molecular weight excluding hydrogens is 246 g/mol. The topological polar surface area (TPSA) is 122 Å². The van der Waals surface area contributed by atoms with Gasteiger partial charge in [-0.3, -0.25) is 4.79 Å². The maximum atomic E-state index is 11.6. The molecule has 7 nitrogen and oxygen atoms in total. The van der Waals surface area contributed by atoms with Gasteiger partial charge in [-0.1, -0.05) is 5.16 Å². The lowest BCUT2D eigenvalue weighted by atomic mass is 10.2. The third-order valence-corrected chi connectivity index (χ3v) is 4.54. The Hall–Kier alpha value is -1.31. The Bertz CT molecular complexity index is 400. The average Bonchev–Trinajstić information content (AvgIpc) is 2.21. The summed E-state index contributed by atoms with van der Waals surface area (Å²) < 4.78 is 21.2. The van der Waals surface area contributed by atoms with E-state index < -0.39 is 20.5 Å². The van der Waals surface area contributed by atoms with Gasteiger partial charge in [-0.25, -0.2) is 8.42 Å². The van der Waals surface area contributed by atoms with Crippen molar-refractivity contribution in [1.29, 1.82) is 0 Å². The summed E-state index contributed by atoms with van der Waals surface area (Å²) in [7, 11) is -3.46. The van der Waals surface area contributed by atoms with Crippen LogP contribution in [0.25, 0.3) is 0 Å². The third-order valence-electron chi connectivity index (χ3n) is 2.50. The number of hydrogen-bond acceptors (Lipinski definition) is 5. The summed E-state index contributed by atoms with van der Waals surface area (Å²) in [6.45, 7) is 2.97. The number of carbonyl (C=O) groups is 1. The smallest absolute Gasteiger partial charge is 0.240 e. The summed E-state index contributed by atoms with van der Waals surface area (Å²) in [5.74, 6) is -0.485. The van der Waals surface area contributed by atoms with Gasteiger partial charge in [-0.15, -0.1) is 0 Å². The number of amidine groups is 1. The van der Waals surface area contributed by atoms with Crippen molar-refractivity contribution in [2.24, 2.45) is 10.9 Å². The number of nitrogens with zero attached hydrogens (tertiary/aromatic N) is 1. The van der Waals surface area contributed by atoms with Crippen molar-refractivity contribution in [2.45, 2.75) is 31.4 Å². The van der Waals surface area contributed by atoms with Crippen molar-refractivity contribution in [3.63, 3.8) is 0 Å². The Morgan fingerprint density at radius 2 is 2.00 bits per heavy atom. The summed E-state index contributed by atoms with van der Waals surface area (Å²) in [5, 5.41) is 13.6. The second-order valence-corrected chi connectivity index (χ2v) is 6.80. The molecule has 0 aliphatic carbocycles. The first-order chi connectivity index (χ1) is 7.63. The van der Waals surface area contributed by atoms with E-state index in [1.807, 2.05) is 0 Å². The number of amides is 1. The van der Waals surface area contributed by atoms with Crippen LogP contribution in [0.3, 0.4) is 0 Å². The van der Waals surface area contributed by atoms with Crippen LogP contribution >= 0.6 is 0 Å². The summed E-state index contributed by atoms with van der Waals surface area (Å²) in [5.41, 5.74) is 5.24. The molecule has 0 atom stereocenters. The maximum absolute atomic E-state index is 11.6. The van der Waals surface area contributed by atoms with Gasteiger partial charge in [0.15, 0.2) is 9.84 Å². The molecule has 0 fully saturated rings. The molecule has 0 spiro atoms. The largest absolute Gasteiger partial charge is 0.409 e. The van der Waals surface area contributed by atoms with Crippen LogP contribution in [0.4, 0.5) is 0 Å². The molecule has 100 valence electrons. The highest BCUT2D eigenvalue weighted by Gasteiger charge is 2.37. The SMILES string of the molecule is CC(C)(C(=O)NCCCC(N)=NO)S(C)(=O)=O. The van der Waals surface area contributed by atoms with Crippen molar-refractivity contribution in [3.8, 4) is 0 Å². The Labute approximate surface area is 101 Å². The van der Waals surface area contributed by atoms with E-state index in [0.29, 0.717) is 12.8 Å². The van der Waals surface area contributed by atoms with E-state index in [9.17, 15) is 13.2 Å². The van der Waals surface area contributed by atoms with Gasteiger partial charge in [0.2, 0.25) is 5.91 Å². The molecular formula is C9H19N3O4S. The monoisotopic (exact) mass is 265 g/mol. The summed E-state index contributed by atoms with van der Waals surface area (Å²) >= 11 is 0. The second-order valence-electron chi connectivity index (χ2n) is 4.23. The van der Waals surface area contributed by atoms with Crippen molar-refractivity contribution in [3.05, 3.63) is 0 Å². The van der Waals surface area contributed by atoms with Crippen molar-refractivity contribution in [1.82, 2.24) is 5.32 Å². The molecule has 0 aliphatic heterocycles. The van der Waals surface area contributed by atoms with Crippen LogP contribution in [-0.4, -0.2) is 42.9 Å². The summed E-state index contributed by atoms with van der Waals surface area (Å²) in [6, 6.07) is 0. The quantitative estimate of drug-likeness (QED) is 0.195. The van der Waals surface area contributed by atoms with Crippen LogP contribution in [-0.2, 0) is 14.6 Å². The van der Waals surface area contributed by atoms with E-state index in [1.165, 1.54) is 13.8 Å². The minimum absolute atomic E-state index is 0.0709. The number of nitrogens with two attached hydrogens (primary N) is 1. The van der Waals surface area contributed by atoms with Crippen LogP contribution in [0, 0.1) is 0 Å². The third kappa shape index (κ3) is 4.59. The Kier molecular flexibility index (Phi) is 5.40. The molecule has 0 saturated heterocycles. The number of nitrogens with one attached hydrogen (secondary N) is 1. The molecule has 0 rings (SSSR count). The fraction of sp³-hybridized carbons (Fsp3) is 0.778. The van der Waals surface area contributed by atoms with Crippen molar-refractivity contribution in [2.75, 3.05) is 12.8 Å². The molecule has 8 heteroatoms. The van der Waals surface area contributed by atoms with Gasteiger partial charge >= 0.3 is 0 Å². The van der Waals surface area contributed by atoms with Crippen LogP contribution in [0.1, 0.15) is 26.7 Å². The number of rotatable bonds is 6. The normalized spacial score (nSPS) is 13.5. The first-order valence-electron chi connectivity index (χ1n) is 5.07. The van der Waals surface area contributed by atoms with E-state index in [1.54, 1.807) is 0 Å². The Morgan fingerprint density at radius 1 is 1.47 bits per heavy atom. The lowest BCUT2D eigenvalue weighted by molar-refractivity contribution is -0.122. The van der Waals surface area contributed by atoms with Gasteiger partial charge in [-0.2, -0.15) is 0 Å². The second kappa shape index (κ2) is 5.85. The van der Waals surface area contributed by atoms with Crippen molar-refractivity contribution < 1.29 is 18.4 Å². The number of sulfone groups is 1. The highest BCUT2D eigenvalue weighted by atomic mass is 32.2. The van der Waals surface area contributed by atoms with E-state index >= 15 is 0 Å². The highest BCUT2D eigenvalue weighted by Crippen LogP contribution is 2.14. The van der Waals surface area contributed by atoms with E-state index in [-0.39, 0.29) is 12.4 Å². The van der Waals surface area contributed by atoms with Gasteiger partial charge in [0.25, 0.3) is 0 Å². The zero-order valence-corrected chi connectivity index (χ0v) is 11.0. The molecule has 0 heterocycles. The lowest BCUT2D eigenvalue weighted by Crippen LogP contribution is -2.47. The van der Waals surface area contributed by atoms with Crippen LogP contribution in [0.5, 0.6) is 0 Å². The molecule has 0 unspecified atom stereocenters. The molecule has 0 radical (unpaired) electrons. The predicted octanol–water partition coefficient (Wildman–Crippen LogP) is -0.548. The summed E-state index contributed by atoms with van der Waals surface area (Å²) in [6.07, 6.45) is 1.82. The molecule has 0 saturated carbocycles. The van der Waals surface area contributed by atoms with Gasteiger partial charge in [0.1, 0.15) is 10.6 Å². The first kappa shape index (κ1) is 15.7. The van der Waals surface area contributed by atoms with Crippen LogP contribution < -0.4 is 11.1 Å². The number of carbonyl (C=O) groups excluding carboxylic acids is 1. The molecule has 0 aromatic carbocycles. The van der Waals surface area contributed by atoms with Gasteiger partial charge in [-0.05, 0) is 20.3 Å². The summed E-state index contributed by atoms with van der Waals surface area (Å²) in [4.78, 5) is 11.6. The molecule has 1 amide bonds. The fourth-order valence-electron chi connectivity index (χ4n) is 0.903. The highest BCUT2D eigenvalue weighted by molar-refractivity contribution is 7.92. The van der Waals surface area contributed by atoms with E-state index in [2.05, 4.69) is 10.5 Å².